The van der Waals surface area contributed by atoms with Gasteiger partial charge in [0.25, 0.3) is 5.89 Å². The van der Waals surface area contributed by atoms with E-state index in [1.807, 2.05) is 10.6 Å². The van der Waals surface area contributed by atoms with Crippen molar-refractivity contribution in [1.82, 2.24) is 20.8 Å². The summed E-state index contributed by atoms with van der Waals surface area (Å²) in [5.41, 5.74) is -0.559. The monoisotopic (exact) mass is 521 g/mol. The van der Waals surface area contributed by atoms with E-state index >= 15 is 4.39 Å². The van der Waals surface area contributed by atoms with E-state index < -0.39 is 84.6 Å². The van der Waals surface area contributed by atoms with Crippen molar-refractivity contribution in [2.45, 2.75) is 38.2 Å². The summed E-state index contributed by atoms with van der Waals surface area (Å²) < 4.78 is 90.4. The predicted molar refractivity (Wildman–Crippen MR) is 106 cm³/mol. The smallest absolute Gasteiger partial charge is 0.366 e. The van der Waals surface area contributed by atoms with Gasteiger partial charge in [0.2, 0.25) is 17.6 Å². The average Bonchev–Trinajstić information content (AvgIpc) is 3.26. The molecule has 36 heavy (non-hydrogen) atoms. The first kappa shape index (κ1) is 25.4. The van der Waals surface area contributed by atoms with Gasteiger partial charge in [-0.25, -0.2) is 9.18 Å². The predicted octanol–water partition coefficient (Wildman–Crippen LogP) is 2.49. The fraction of sp³-hybridized carbons (Fsp3) is 0.450. The number of amides is 4. The molecule has 0 saturated carbocycles. The van der Waals surface area contributed by atoms with Crippen LogP contribution in [-0.2, 0) is 20.7 Å². The van der Waals surface area contributed by atoms with Gasteiger partial charge in [-0.3, -0.25) is 20.2 Å². The number of halogens is 6. The van der Waals surface area contributed by atoms with Crippen LogP contribution in [0.2, 0.25) is 0 Å². The third-order valence-electron chi connectivity index (χ3n) is 5.53. The van der Waals surface area contributed by atoms with Gasteiger partial charge < -0.3 is 14.2 Å². The van der Waals surface area contributed by atoms with Crippen LogP contribution in [0.5, 0.6) is 0 Å². The number of hydrogen-bond acceptors (Lipinski definition) is 8. The van der Waals surface area contributed by atoms with Gasteiger partial charge in [0.15, 0.2) is 6.10 Å². The van der Waals surface area contributed by atoms with Crippen molar-refractivity contribution in [2.75, 3.05) is 18.0 Å². The minimum Gasteiger partial charge on any atom is -0.366 e. The lowest BCUT2D eigenvalue weighted by atomic mass is 9.93. The highest BCUT2D eigenvalue weighted by molar-refractivity contribution is 6.16. The number of rotatable bonds is 5. The third-order valence-corrected chi connectivity index (χ3v) is 5.53. The molecule has 2 saturated heterocycles. The Morgan fingerprint density at radius 3 is 2.39 bits per heavy atom. The summed E-state index contributed by atoms with van der Waals surface area (Å²) in [7, 11) is 0. The number of benzene rings is 1. The minimum atomic E-state index is -4.73. The Bertz CT molecular complexity index is 1180. The van der Waals surface area contributed by atoms with Crippen LogP contribution in [-0.4, -0.2) is 59.5 Å². The fourth-order valence-electron chi connectivity index (χ4n) is 3.95. The molecule has 2 atom stereocenters. The number of barbiturate groups is 1. The van der Waals surface area contributed by atoms with Crippen LogP contribution in [0.3, 0.4) is 0 Å². The molecule has 2 aromatic rings. The molecule has 194 valence electrons. The van der Waals surface area contributed by atoms with Gasteiger partial charge in [-0.15, -0.1) is 0 Å². The molecule has 2 fully saturated rings. The number of nitrogens with one attached hydrogen (secondary N) is 2. The van der Waals surface area contributed by atoms with E-state index in [0.29, 0.717) is 0 Å². The Morgan fingerprint density at radius 2 is 1.81 bits per heavy atom. The number of nitrogens with zero attached hydrogens (tertiary/aromatic N) is 3. The number of carbonyl (C=O) groups excluding carboxylic acids is 3. The number of hydrogen-bond donors (Lipinski definition) is 2. The first-order valence-electron chi connectivity index (χ1n) is 10.4. The Kier molecular flexibility index (Phi) is 6.64. The molecule has 1 aromatic heterocycles. The van der Waals surface area contributed by atoms with Crippen LogP contribution in [0.25, 0.3) is 11.4 Å². The minimum absolute atomic E-state index is 0.00512. The summed E-state index contributed by atoms with van der Waals surface area (Å²) in [5, 5.41) is 7.10. The highest BCUT2D eigenvalue weighted by Crippen LogP contribution is 2.36. The molecule has 0 radical (unpaired) electrons. The second kappa shape index (κ2) is 9.40. The molecule has 4 amide bonds. The van der Waals surface area contributed by atoms with Gasteiger partial charge in [-0.1, -0.05) is 5.16 Å². The van der Waals surface area contributed by atoms with Gasteiger partial charge in [-0.05, 0) is 31.0 Å². The molecule has 1 aromatic carbocycles. The lowest BCUT2D eigenvalue weighted by Crippen LogP contribution is -2.56. The van der Waals surface area contributed by atoms with Gasteiger partial charge >= 0.3 is 18.6 Å². The largest absolute Gasteiger partial charge is 0.416 e. The lowest BCUT2D eigenvalue weighted by molar-refractivity contribution is -0.233. The molecule has 1 unspecified atom stereocenters. The zero-order chi connectivity index (χ0) is 26.4. The highest BCUT2D eigenvalue weighted by Gasteiger charge is 2.45. The summed E-state index contributed by atoms with van der Waals surface area (Å²) in [5.74, 6) is -6.21. The van der Waals surface area contributed by atoms with E-state index in [2.05, 4.69) is 14.7 Å². The average molecular weight is 521 g/mol. The molecule has 10 nitrogen and oxygen atoms in total. The number of anilines is 1. The standard InChI is InChI=1S/C20H17F6N5O5/c1-7-5-31(6-13(35-7)20(24,25)26)12-4-11(21)9(15-27-18(14(22)23)36-30-15)2-8(12)3-10-16(32)28-19(34)29-17(10)33/h2,4,7,10,13-14H,3,5-6H2,1H3,(H2,28,29,32,33,34)/t7-,13?/m0/s1. The van der Waals surface area contributed by atoms with Crippen molar-refractivity contribution >= 4 is 23.5 Å². The second-order valence-electron chi connectivity index (χ2n) is 8.16. The molecule has 0 aliphatic carbocycles. The second-order valence-corrected chi connectivity index (χ2v) is 8.16. The van der Waals surface area contributed by atoms with Crippen molar-refractivity contribution < 1.29 is 50.0 Å². The molecule has 2 aliphatic heterocycles. The van der Waals surface area contributed by atoms with E-state index in [9.17, 15) is 36.3 Å². The number of alkyl halides is 5. The number of morpholine rings is 1. The van der Waals surface area contributed by atoms with Crippen molar-refractivity contribution in [2.24, 2.45) is 5.92 Å². The van der Waals surface area contributed by atoms with E-state index in [1.165, 1.54) is 11.8 Å². The zero-order valence-electron chi connectivity index (χ0n) is 18.2. The van der Waals surface area contributed by atoms with E-state index in [1.54, 1.807) is 0 Å². The quantitative estimate of drug-likeness (QED) is 0.454. The highest BCUT2D eigenvalue weighted by atomic mass is 19.4. The maximum Gasteiger partial charge on any atom is 0.416 e. The molecule has 16 heteroatoms. The molecule has 4 rings (SSSR count). The van der Waals surface area contributed by atoms with E-state index in [4.69, 9.17) is 4.74 Å². The van der Waals surface area contributed by atoms with Gasteiger partial charge in [0.1, 0.15) is 11.7 Å². The SMILES string of the molecule is C[C@H]1CN(c2cc(F)c(-c3noc(C(F)F)n3)cc2CC2C(=O)NC(=O)NC2=O)CC(C(F)(F)F)O1. The molecular weight excluding hydrogens is 504 g/mol. The lowest BCUT2D eigenvalue weighted by Gasteiger charge is -2.39. The van der Waals surface area contributed by atoms with E-state index in [-0.39, 0.29) is 17.8 Å². The summed E-state index contributed by atoms with van der Waals surface area (Å²) in [6.45, 7) is 0.560. The summed E-state index contributed by atoms with van der Waals surface area (Å²) in [4.78, 5) is 40.5. The number of urea groups is 1. The third kappa shape index (κ3) is 5.12. The molecular formula is C20H17F6N5O5. The number of ether oxygens (including phenoxy) is 1. The zero-order valence-corrected chi connectivity index (χ0v) is 18.2. The number of carbonyl (C=O) groups is 3. The Morgan fingerprint density at radius 1 is 1.14 bits per heavy atom. The van der Waals surface area contributed by atoms with Crippen molar-refractivity contribution in [3.05, 3.63) is 29.4 Å². The topological polar surface area (TPSA) is 127 Å². The fourth-order valence-corrected chi connectivity index (χ4v) is 3.95. The van der Waals surface area contributed by atoms with Crippen molar-refractivity contribution in [3.63, 3.8) is 0 Å². The van der Waals surface area contributed by atoms with Crippen LogP contribution in [0.4, 0.5) is 36.8 Å². The maximum absolute atomic E-state index is 15.1. The van der Waals surface area contributed by atoms with Crippen molar-refractivity contribution in [1.29, 1.82) is 0 Å². The van der Waals surface area contributed by atoms with Crippen molar-refractivity contribution in [3.8, 4) is 11.4 Å². The summed E-state index contributed by atoms with van der Waals surface area (Å²) >= 11 is 0. The van der Waals surface area contributed by atoms with Crippen LogP contribution >= 0.6 is 0 Å². The first-order valence-corrected chi connectivity index (χ1v) is 10.4. The van der Waals surface area contributed by atoms with Crippen LogP contribution < -0.4 is 15.5 Å². The Labute approximate surface area is 197 Å². The van der Waals surface area contributed by atoms with Crippen LogP contribution in [0, 0.1) is 11.7 Å². The molecule has 0 bridgehead atoms. The van der Waals surface area contributed by atoms with Crippen LogP contribution in [0.1, 0.15) is 24.8 Å². The molecule has 3 heterocycles. The Hall–Kier alpha value is -3.69. The van der Waals surface area contributed by atoms with Gasteiger partial charge in [-0.2, -0.15) is 26.9 Å². The summed E-state index contributed by atoms with van der Waals surface area (Å²) in [6, 6.07) is 0.811. The maximum atomic E-state index is 15.1. The normalized spacial score (nSPS) is 21.7. The van der Waals surface area contributed by atoms with E-state index in [0.717, 1.165) is 12.1 Å². The van der Waals surface area contributed by atoms with Gasteiger partial charge in [0.05, 0.1) is 18.2 Å². The number of imide groups is 2. The first-order chi connectivity index (χ1) is 16.8. The van der Waals surface area contributed by atoms with Gasteiger partial charge in [0, 0.05) is 12.2 Å². The molecule has 2 aliphatic rings. The number of aromatic nitrogens is 2. The molecule has 0 spiro atoms. The summed E-state index contributed by atoms with van der Waals surface area (Å²) in [6.07, 6.45) is -11.5. The Balaban J connectivity index is 1.78. The molecule has 2 N–H and O–H groups in total. The van der Waals surface area contributed by atoms with Crippen LogP contribution in [0.15, 0.2) is 16.7 Å².